The Balaban J connectivity index is 1.63. The summed E-state index contributed by atoms with van der Waals surface area (Å²) in [5, 5.41) is 0.125. The molecule has 6 heteroatoms. The molecule has 0 saturated heterocycles. The minimum Gasteiger partial charge on any atom is -0.494 e. The third kappa shape index (κ3) is 3.96. The highest BCUT2D eigenvalue weighted by atomic mass is 19.1. The van der Waals surface area contributed by atoms with Crippen LogP contribution in [0.25, 0.3) is 11.0 Å². The van der Waals surface area contributed by atoms with Crippen LogP contribution in [0.5, 0.6) is 5.75 Å². The summed E-state index contributed by atoms with van der Waals surface area (Å²) in [5.41, 5.74) is 1.87. The molecule has 2 heterocycles. The number of benzene rings is 3. The quantitative estimate of drug-likeness (QED) is 0.367. The second-order valence-electron chi connectivity index (χ2n) is 8.37. The van der Waals surface area contributed by atoms with E-state index in [0.717, 1.165) is 23.6 Å². The van der Waals surface area contributed by atoms with E-state index in [-0.39, 0.29) is 28.2 Å². The lowest BCUT2D eigenvalue weighted by molar-refractivity contribution is 0.0730. The Morgan fingerprint density at radius 3 is 2.62 bits per heavy atom. The van der Waals surface area contributed by atoms with Crippen molar-refractivity contribution in [3.63, 3.8) is 0 Å². The first-order chi connectivity index (χ1) is 16.6. The van der Waals surface area contributed by atoms with Gasteiger partial charge in [-0.2, -0.15) is 0 Å². The summed E-state index contributed by atoms with van der Waals surface area (Å²) in [5.74, 6) is -0.197. The van der Waals surface area contributed by atoms with Gasteiger partial charge in [-0.15, -0.1) is 0 Å². The predicted octanol–water partition coefficient (Wildman–Crippen LogP) is 5.51. The number of nitrogens with zero attached hydrogens (tertiary/aromatic N) is 1. The number of hydrogen-bond acceptors (Lipinski definition) is 4. The van der Waals surface area contributed by atoms with Crippen LogP contribution in [0.2, 0.25) is 0 Å². The Labute approximate surface area is 196 Å². The van der Waals surface area contributed by atoms with E-state index in [2.05, 4.69) is 0 Å². The fourth-order valence-electron chi connectivity index (χ4n) is 4.46. The maximum absolute atomic E-state index is 13.9. The molecule has 1 amide bonds. The lowest BCUT2D eigenvalue weighted by atomic mass is 9.98. The molecule has 0 saturated carbocycles. The van der Waals surface area contributed by atoms with E-state index in [1.165, 1.54) is 12.1 Å². The van der Waals surface area contributed by atoms with Crippen LogP contribution >= 0.6 is 0 Å². The number of amides is 1. The van der Waals surface area contributed by atoms with Gasteiger partial charge in [-0.3, -0.25) is 9.59 Å². The maximum Gasteiger partial charge on any atom is 0.290 e. The van der Waals surface area contributed by atoms with Gasteiger partial charge in [0.15, 0.2) is 5.43 Å². The van der Waals surface area contributed by atoms with Gasteiger partial charge in [0.1, 0.15) is 17.1 Å². The van der Waals surface area contributed by atoms with Gasteiger partial charge in [0.25, 0.3) is 5.91 Å². The molecule has 34 heavy (non-hydrogen) atoms. The van der Waals surface area contributed by atoms with Gasteiger partial charge in [0.05, 0.1) is 23.6 Å². The van der Waals surface area contributed by atoms with Crippen molar-refractivity contribution in [3.8, 4) is 5.75 Å². The summed E-state index contributed by atoms with van der Waals surface area (Å²) in [7, 11) is 0. The van der Waals surface area contributed by atoms with Crippen LogP contribution in [0, 0.1) is 5.82 Å². The Morgan fingerprint density at radius 2 is 1.82 bits per heavy atom. The minimum atomic E-state index is -0.652. The summed E-state index contributed by atoms with van der Waals surface area (Å²) < 4.78 is 25.6. The molecule has 1 unspecified atom stereocenters. The minimum absolute atomic E-state index is 0.0158. The van der Waals surface area contributed by atoms with E-state index in [1.807, 2.05) is 61.5 Å². The van der Waals surface area contributed by atoms with Crippen LogP contribution < -0.4 is 10.2 Å². The average molecular weight is 458 g/mol. The fraction of sp³-hybridized carbons (Fsp3) is 0.214. The monoisotopic (exact) mass is 457 g/mol. The zero-order chi connectivity index (χ0) is 23.7. The molecule has 0 aliphatic carbocycles. The Bertz CT molecular complexity index is 1410. The first kappa shape index (κ1) is 21.9. The Morgan fingerprint density at radius 1 is 1.00 bits per heavy atom. The van der Waals surface area contributed by atoms with Crippen LogP contribution in [-0.4, -0.2) is 24.0 Å². The number of rotatable bonds is 7. The Hall–Kier alpha value is -3.93. The molecule has 0 N–H and O–H groups in total. The summed E-state index contributed by atoms with van der Waals surface area (Å²) in [6, 6.07) is 20.4. The number of carbonyl (C=O) groups is 1. The number of hydrogen-bond donors (Lipinski definition) is 0. The maximum atomic E-state index is 13.9. The summed E-state index contributed by atoms with van der Waals surface area (Å²) in [6.07, 6.45) is 1.48. The van der Waals surface area contributed by atoms with E-state index in [9.17, 15) is 14.0 Å². The van der Waals surface area contributed by atoms with Crippen molar-refractivity contribution in [3.05, 3.63) is 111 Å². The molecule has 5 nitrogen and oxygen atoms in total. The van der Waals surface area contributed by atoms with Crippen molar-refractivity contribution < 1.29 is 18.3 Å². The third-order valence-electron chi connectivity index (χ3n) is 6.06. The van der Waals surface area contributed by atoms with E-state index < -0.39 is 17.3 Å². The number of halogens is 1. The first-order valence-corrected chi connectivity index (χ1v) is 11.4. The average Bonchev–Trinajstić information content (AvgIpc) is 3.14. The summed E-state index contributed by atoms with van der Waals surface area (Å²) in [4.78, 5) is 28.7. The highest BCUT2D eigenvalue weighted by Gasteiger charge is 2.42. The zero-order valence-electron chi connectivity index (χ0n) is 18.8. The smallest absolute Gasteiger partial charge is 0.290 e. The second-order valence-corrected chi connectivity index (χ2v) is 8.37. The largest absolute Gasteiger partial charge is 0.494 e. The van der Waals surface area contributed by atoms with Crippen molar-refractivity contribution in [1.82, 2.24) is 4.90 Å². The predicted molar refractivity (Wildman–Crippen MR) is 128 cm³/mol. The van der Waals surface area contributed by atoms with Crippen LogP contribution in [0.4, 0.5) is 4.39 Å². The van der Waals surface area contributed by atoms with Gasteiger partial charge in [-0.1, -0.05) is 49.4 Å². The van der Waals surface area contributed by atoms with E-state index in [1.54, 1.807) is 4.90 Å². The van der Waals surface area contributed by atoms with Crippen LogP contribution in [0.1, 0.15) is 46.6 Å². The topological polar surface area (TPSA) is 59.8 Å². The molecule has 1 aromatic heterocycles. The molecule has 172 valence electrons. The number of ether oxygens (including phenoxy) is 1. The molecule has 0 spiro atoms. The number of fused-ring (bicyclic) bond motifs is 2. The van der Waals surface area contributed by atoms with Crippen LogP contribution in [-0.2, 0) is 6.42 Å². The highest BCUT2D eigenvalue weighted by molar-refractivity contribution is 5.99. The summed E-state index contributed by atoms with van der Waals surface area (Å²) in [6.45, 7) is 2.98. The molecule has 5 rings (SSSR count). The molecule has 1 aliphatic heterocycles. The van der Waals surface area contributed by atoms with Gasteiger partial charge in [0.2, 0.25) is 5.76 Å². The standard InChI is InChI=1S/C28H24FNO4/c1-2-15-33-21-10-6-9-19(16-21)25-24-26(31)22-17-20(29)11-12-23(22)34-27(24)28(32)30(25)14-13-18-7-4-3-5-8-18/h3-12,16-17,25H,2,13-15H2,1H3. The molecule has 0 bridgehead atoms. The van der Waals surface area contributed by atoms with E-state index in [0.29, 0.717) is 25.3 Å². The van der Waals surface area contributed by atoms with Crippen molar-refractivity contribution in [2.45, 2.75) is 25.8 Å². The van der Waals surface area contributed by atoms with Crippen molar-refractivity contribution in [2.75, 3.05) is 13.2 Å². The van der Waals surface area contributed by atoms with Gasteiger partial charge in [-0.25, -0.2) is 4.39 Å². The molecule has 3 aromatic carbocycles. The third-order valence-corrected chi connectivity index (χ3v) is 6.06. The molecule has 1 atom stereocenters. The van der Waals surface area contributed by atoms with Gasteiger partial charge >= 0.3 is 0 Å². The SMILES string of the molecule is CCCOc1cccc(C2c3c(oc4ccc(F)cc4c3=O)C(=O)N2CCc2ccccc2)c1. The van der Waals surface area contributed by atoms with Crippen molar-refractivity contribution in [2.24, 2.45) is 0 Å². The van der Waals surface area contributed by atoms with E-state index in [4.69, 9.17) is 9.15 Å². The van der Waals surface area contributed by atoms with Gasteiger partial charge in [-0.05, 0) is 54.3 Å². The molecular weight excluding hydrogens is 433 g/mol. The lowest BCUT2D eigenvalue weighted by Crippen LogP contribution is -2.31. The van der Waals surface area contributed by atoms with Crippen LogP contribution in [0.15, 0.2) is 82.0 Å². The van der Waals surface area contributed by atoms with Gasteiger partial charge in [0, 0.05) is 6.54 Å². The van der Waals surface area contributed by atoms with Crippen molar-refractivity contribution >= 4 is 16.9 Å². The first-order valence-electron chi connectivity index (χ1n) is 11.4. The molecular formula is C28H24FNO4. The Kier molecular flexibility index (Phi) is 5.88. The normalized spacial score (nSPS) is 15.1. The lowest BCUT2D eigenvalue weighted by Gasteiger charge is -2.25. The molecule has 0 fully saturated rings. The number of carbonyl (C=O) groups excluding carboxylic acids is 1. The zero-order valence-corrected chi connectivity index (χ0v) is 18.8. The molecule has 4 aromatic rings. The molecule has 0 radical (unpaired) electrons. The van der Waals surface area contributed by atoms with Gasteiger partial charge < -0.3 is 14.1 Å². The molecule has 1 aliphatic rings. The van der Waals surface area contributed by atoms with Crippen molar-refractivity contribution in [1.29, 1.82) is 0 Å². The fourth-order valence-corrected chi connectivity index (χ4v) is 4.46. The summed E-state index contributed by atoms with van der Waals surface area (Å²) >= 11 is 0. The van der Waals surface area contributed by atoms with Crippen LogP contribution in [0.3, 0.4) is 0 Å². The van der Waals surface area contributed by atoms with E-state index >= 15 is 0 Å². The second kappa shape index (κ2) is 9.14. The highest BCUT2D eigenvalue weighted by Crippen LogP contribution is 2.39.